The second-order valence-corrected chi connectivity index (χ2v) is 4.29. The third-order valence-corrected chi connectivity index (χ3v) is 4.19. The van der Waals surface area contributed by atoms with E-state index in [1.807, 2.05) is 0 Å². The summed E-state index contributed by atoms with van der Waals surface area (Å²) in [6, 6.07) is 0. The number of hydrogen-bond acceptors (Lipinski definition) is 1. The van der Waals surface area contributed by atoms with Crippen LogP contribution in [-0.2, 0) is 4.43 Å². The third kappa shape index (κ3) is 2.23. The molecule has 0 aromatic rings. The summed E-state index contributed by atoms with van der Waals surface area (Å²) in [5.74, 6) is 0. The monoisotopic (exact) mass is 198 g/mol. The summed E-state index contributed by atoms with van der Waals surface area (Å²) in [5, 5.41) is 0. The van der Waals surface area contributed by atoms with Gasteiger partial charge in [0.05, 0.1) is 5.60 Å². The van der Waals surface area contributed by atoms with Crippen LogP contribution in [0.4, 0.5) is 0 Å². The van der Waals surface area contributed by atoms with Gasteiger partial charge in [0, 0.05) is 0 Å². The average molecular weight is 198 g/mol. The summed E-state index contributed by atoms with van der Waals surface area (Å²) < 4.78 is 5.85. The van der Waals surface area contributed by atoms with Gasteiger partial charge in [-0.1, -0.05) is 19.9 Å². The second kappa shape index (κ2) is 4.96. The molecule has 0 fully saturated rings. The summed E-state index contributed by atoms with van der Waals surface area (Å²) in [4.78, 5) is 0. The Hall–Kier alpha value is -0.0831. The van der Waals surface area contributed by atoms with E-state index in [9.17, 15) is 0 Å². The van der Waals surface area contributed by atoms with Gasteiger partial charge in [-0.3, -0.25) is 0 Å². The van der Waals surface area contributed by atoms with E-state index in [0.717, 1.165) is 23.3 Å². The standard InChI is InChI=1S/C11H22OSi/c1-3-11(4-2,12-13)10-8-6-5-7-9-10/h8H,3-7,9H2,1-2,13H3. The Morgan fingerprint density at radius 2 is 2.08 bits per heavy atom. The van der Waals surface area contributed by atoms with Crippen LogP contribution in [0.15, 0.2) is 11.6 Å². The SMILES string of the molecule is CCC(CC)(O[SiH3])C1=CCCCC1. The van der Waals surface area contributed by atoms with E-state index < -0.39 is 0 Å². The molecule has 1 rings (SSSR count). The summed E-state index contributed by atoms with van der Waals surface area (Å²) in [7, 11) is 0.858. The Bertz CT molecular complexity index is 174. The summed E-state index contributed by atoms with van der Waals surface area (Å²) >= 11 is 0. The number of rotatable bonds is 4. The number of allylic oxidation sites excluding steroid dienone is 1. The van der Waals surface area contributed by atoms with Crippen LogP contribution in [0.3, 0.4) is 0 Å². The molecule has 0 amide bonds. The Morgan fingerprint density at radius 1 is 1.38 bits per heavy atom. The Balaban J connectivity index is 2.78. The van der Waals surface area contributed by atoms with E-state index in [4.69, 9.17) is 4.43 Å². The molecule has 1 aliphatic rings. The van der Waals surface area contributed by atoms with Gasteiger partial charge >= 0.3 is 0 Å². The molecule has 76 valence electrons. The van der Waals surface area contributed by atoms with Gasteiger partial charge in [-0.15, -0.1) is 0 Å². The molecule has 0 unspecified atom stereocenters. The Kier molecular flexibility index (Phi) is 4.20. The van der Waals surface area contributed by atoms with Gasteiger partial charge in [-0.2, -0.15) is 0 Å². The van der Waals surface area contributed by atoms with E-state index in [2.05, 4.69) is 19.9 Å². The number of hydrogen-bond donors (Lipinski definition) is 0. The lowest BCUT2D eigenvalue weighted by Gasteiger charge is -2.35. The van der Waals surface area contributed by atoms with Crippen molar-refractivity contribution in [3.8, 4) is 0 Å². The fourth-order valence-corrected chi connectivity index (χ4v) is 3.22. The van der Waals surface area contributed by atoms with Crippen LogP contribution in [0.1, 0.15) is 52.4 Å². The first-order valence-corrected chi connectivity index (χ1v) is 6.35. The highest BCUT2D eigenvalue weighted by Gasteiger charge is 2.29. The first-order chi connectivity index (χ1) is 6.29. The molecule has 0 saturated carbocycles. The summed E-state index contributed by atoms with van der Waals surface area (Å²) in [6.45, 7) is 4.49. The average Bonchev–Trinajstić information content (AvgIpc) is 2.23. The Labute approximate surface area is 85.1 Å². The fraction of sp³-hybridized carbons (Fsp3) is 0.818. The van der Waals surface area contributed by atoms with Crippen molar-refractivity contribution in [1.82, 2.24) is 0 Å². The third-order valence-electron chi connectivity index (χ3n) is 3.41. The molecule has 2 heteroatoms. The molecule has 0 aliphatic heterocycles. The first kappa shape index (κ1) is 11.0. The van der Waals surface area contributed by atoms with E-state index in [1.54, 1.807) is 5.57 Å². The van der Waals surface area contributed by atoms with Crippen LogP contribution in [-0.4, -0.2) is 16.1 Å². The van der Waals surface area contributed by atoms with Crippen molar-refractivity contribution in [1.29, 1.82) is 0 Å². The van der Waals surface area contributed by atoms with Crippen LogP contribution >= 0.6 is 0 Å². The molecule has 0 aromatic heterocycles. The molecule has 0 radical (unpaired) electrons. The van der Waals surface area contributed by atoms with Crippen molar-refractivity contribution in [3.05, 3.63) is 11.6 Å². The van der Waals surface area contributed by atoms with Crippen molar-refractivity contribution in [2.45, 2.75) is 58.0 Å². The van der Waals surface area contributed by atoms with Crippen LogP contribution in [0, 0.1) is 0 Å². The van der Waals surface area contributed by atoms with Crippen molar-refractivity contribution < 1.29 is 4.43 Å². The lowest BCUT2D eigenvalue weighted by molar-refractivity contribution is 0.105. The predicted molar refractivity (Wildman–Crippen MR) is 60.9 cm³/mol. The van der Waals surface area contributed by atoms with Crippen LogP contribution < -0.4 is 0 Å². The molecule has 1 aliphatic carbocycles. The van der Waals surface area contributed by atoms with Gasteiger partial charge in [0.15, 0.2) is 0 Å². The van der Waals surface area contributed by atoms with E-state index in [1.165, 1.54) is 25.7 Å². The van der Waals surface area contributed by atoms with Gasteiger partial charge in [0.1, 0.15) is 10.5 Å². The lowest BCUT2D eigenvalue weighted by atomic mass is 9.82. The topological polar surface area (TPSA) is 9.23 Å². The molecule has 0 spiro atoms. The van der Waals surface area contributed by atoms with Gasteiger partial charge in [-0.25, -0.2) is 0 Å². The molecule has 0 aromatic carbocycles. The van der Waals surface area contributed by atoms with Gasteiger partial charge < -0.3 is 4.43 Å². The van der Waals surface area contributed by atoms with Gasteiger partial charge in [0.25, 0.3) is 0 Å². The van der Waals surface area contributed by atoms with E-state index >= 15 is 0 Å². The lowest BCUT2D eigenvalue weighted by Crippen LogP contribution is -2.33. The first-order valence-electron chi connectivity index (χ1n) is 5.53. The molecule has 0 saturated heterocycles. The van der Waals surface area contributed by atoms with Crippen LogP contribution in [0.5, 0.6) is 0 Å². The predicted octanol–water partition coefficient (Wildman–Crippen LogP) is 2.34. The van der Waals surface area contributed by atoms with Crippen molar-refractivity contribution >= 4 is 10.5 Å². The minimum Gasteiger partial charge on any atom is -0.419 e. The maximum atomic E-state index is 5.85. The molecular formula is C11H22OSi. The molecule has 13 heavy (non-hydrogen) atoms. The molecule has 0 atom stereocenters. The second-order valence-electron chi connectivity index (χ2n) is 3.88. The molecule has 0 N–H and O–H groups in total. The van der Waals surface area contributed by atoms with Crippen LogP contribution in [0.2, 0.25) is 0 Å². The summed E-state index contributed by atoms with van der Waals surface area (Å²) in [6.07, 6.45) is 9.96. The van der Waals surface area contributed by atoms with E-state index in [-0.39, 0.29) is 5.60 Å². The minimum absolute atomic E-state index is 0.118. The highest BCUT2D eigenvalue weighted by atomic mass is 28.2. The molecular weight excluding hydrogens is 176 g/mol. The largest absolute Gasteiger partial charge is 0.419 e. The Morgan fingerprint density at radius 3 is 2.46 bits per heavy atom. The van der Waals surface area contributed by atoms with Gasteiger partial charge in [0.2, 0.25) is 0 Å². The zero-order valence-corrected chi connectivity index (χ0v) is 11.2. The summed E-state index contributed by atoms with van der Waals surface area (Å²) in [5.41, 5.74) is 1.70. The van der Waals surface area contributed by atoms with Crippen LogP contribution in [0.25, 0.3) is 0 Å². The molecule has 0 bridgehead atoms. The highest BCUT2D eigenvalue weighted by Crippen LogP contribution is 2.34. The van der Waals surface area contributed by atoms with Crippen molar-refractivity contribution in [3.63, 3.8) is 0 Å². The zero-order chi connectivity index (χ0) is 9.73. The quantitative estimate of drug-likeness (QED) is 0.498. The maximum Gasteiger partial charge on any atom is 0.147 e. The van der Waals surface area contributed by atoms with Gasteiger partial charge in [-0.05, 0) is 44.1 Å². The molecule has 0 heterocycles. The smallest absolute Gasteiger partial charge is 0.147 e. The normalized spacial score (nSPS) is 18.8. The zero-order valence-electron chi connectivity index (χ0n) is 9.23. The van der Waals surface area contributed by atoms with Crippen molar-refractivity contribution in [2.75, 3.05) is 0 Å². The maximum absolute atomic E-state index is 5.85. The van der Waals surface area contributed by atoms with E-state index in [0.29, 0.717) is 0 Å². The fourth-order valence-electron chi connectivity index (χ4n) is 2.38. The minimum atomic E-state index is 0.118. The highest BCUT2D eigenvalue weighted by molar-refractivity contribution is 5.98. The van der Waals surface area contributed by atoms with Crippen molar-refractivity contribution in [2.24, 2.45) is 0 Å². The molecule has 1 nitrogen and oxygen atoms in total.